The van der Waals surface area contributed by atoms with Gasteiger partial charge in [0.15, 0.2) is 0 Å². The molecule has 0 radical (unpaired) electrons. The molecule has 1 atom stereocenters. The van der Waals surface area contributed by atoms with Gasteiger partial charge in [0.2, 0.25) is 5.91 Å². The van der Waals surface area contributed by atoms with Crippen LogP contribution in [0.5, 0.6) is 0 Å². The molecule has 0 saturated carbocycles. The zero-order valence-electron chi connectivity index (χ0n) is 16.2. The van der Waals surface area contributed by atoms with E-state index in [1.807, 2.05) is 48.5 Å². The van der Waals surface area contributed by atoms with Crippen molar-refractivity contribution < 1.29 is 9.59 Å². The number of carbonyl (C=O) groups is 2. The van der Waals surface area contributed by atoms with E-state index < -0.39 is 11.9 Å². The number of rotatable bonds is 4. The van der Waals surface area contributed by atoms with Crippen LogP contribution >= 0.6 is 23.2 Å². The predicted molar refractivity (Wildman–Crippen MR) is 122 cm³/mol. The second-order valence-electron chi connectivity index (χ2n) is 7.47. The number of fused-ring (bicyclic) bond motifs is 2. The second kappa shape index (κ2) is 7.45. The number of primary amides is 1. The number of nitrogens with one attached hydrogen (secondary N) is 1. The summed E-state index contributed by atoms with van der Waals surface area (Å²) in [5.41, 5.74) is 10.2. The zero-order chi connectivity index (χ0) is 21.7. The number of hydrogen-bond donors (Lipinski definition) is 2. The van der Waals surface area contributed by atoms with E-state index in [4.69, 9.17) is 28.9 Å². The van der Waals surface area contributed by atoms with Crippen LogP contribution in [0.15, 0.2) is 66.7 Å². The molecule has 7 heteroatoms. The van der Waals surface area contributed by atoms with Crippen molar-refractivity contribution in [3.8, 4) is 11.3 Å². The van der Waals surface area contributed by atoms with Crippen molar-refractivity contribution >= 4 is 45.9 Å². The maximum Gasteiger partial charge on any atom is 0.255 e. The van der Waals surface area contributed by atoms with Gasteiger partial charge in [0.25, 0.3) is 5.91 Å². The van der Waals surface area contributed by atoms with Crippen molar-refractivity contribution in [3.05, 3.63) is 93.5 Å². The van der Waals surface area contributed by atoms with Crippen molar-refractivity contribution in [2.75, 3.05) is 6.54 Å². The van der Waals surface area contributed by atoms with Crippen molar-refractivity contribution in [2.24, 2.45) is 5.73 Å². The summed E-state index contributed by atoms with van der Waals surface area (Å²) < 4.78 is 0. The summed E-state index contributed by atoms with van der Waals surface area (Å²) in [5, 5.41) is 1.95. The predicted octanol–water partition coefficient (Wildman–Crippen LogP) is 5.17. The van der Waals surface area contributed by atoms with Crippen LogP contribution in [-0.4, -0.2) is 28.2 Å². The van der Waals surface area contributed by atoms with Crippen molar-refractivity contribution in [1.82, 2.24) is 9.88 Å². The third kappa shape index (κ3) is 3.17. The number of carbonyl (C=O) groups excluding carboxylic acids is 2. The van der Waals surface area contributed by atoms with Gasteiger partial charge in [0.05, 0.1) is 16.8 Å². The fourth-order valence-electron chi connectivity index (χ4n) is 4.36. The van der Waals surface area contributed by atoms with Crippen LogP contribution in [-0.2, 0) is 4.79 Å². The zero-order valence-corrected chi connectivity index (χ0v) is 17.7. The first-order chi connectivity index (χ1) is 15.0. The molecule has 3 N–H and O–H groups in total. The number of aromatic amines is 1. The molecule has 1 aromatic heterocycles. The molecule has 0 aliphatic carbocycles. The van der Waals surface area contributed by atoms with Gasteiger partial charge in [0, 0.05) is 32.6 Å². The summed E-state index contributed by atoms with van der Waals surface area (Å²) in [7, 11) is 0. The Morgan fingerprint density at radius 1 is 1.00 bits per heavy atom. The average molecular weight is 450 g/mol. The Morgan fingerprint density at radius 2 is 1.74 bits per heavy atom. The minimum atomic E-state index is -0.572. The number of nitrogens with zero attached hydrogens (tertiary/aromatic N) is 1. The first kappa shape index (κ1) is 19.7. The van der Waals surface area contributed by atoms with Crippen LogP contribution in [0.1, 0.15) is 27.5 Å². The topological polar surface area (TPSA) is 79.2 Å². The molecule has 2 amide bonds. The van der Waals surface area contributed by atoms with E-state index in [-0.39, 0.29) is 12.5 Å². The van der Waals surface area contributed by atoms with Gasteiger partial charge < -0.3 is 15.6 Å². The summed E-state index contributed by atoms with van der Waals surface area (Å²) in [6, 6.07) is 20.0. The number of nitrogens with two attached hydrogens (primary N) is 1. The molecule has 31 heavy (non-hydrogen) atoms. The van der Waals surface area contributed by atoms with Crippen molar-refractivity contribution in [2.45, 2.75) is 6.04 Å². The molecular formula is C24H17Cl2N3O2. The highest BCUT2D eigenvalue weighted by Crippen LogP contribution is 2.46. The molecule has 2 heterocycles. The molecule has 5 rings (SSSR count). The molecule has 0 saturated heterocycles. The molecule has 0 bridgehead atoms. The minimum absolute atomic E-state index is 0.189. The van der Waals surface area contributed by atoms with Crippen LogP contribution in [0.25, 0.3) is 22.2 Å². The third-order valence-electron chi connectivity index (χ3n) is 5.60. The Hall–Kier alpha value is -3.28. The third-order valence-corrected chi connectivity index (χ3v) is 6.15. The lowest BCUT2D eigenvalue weighted by Crippen LogP contribution is -2.37. The second-order valence-corrected chi connectivity index (χ2v) is 8.32. The molecule has 3 aromatic carbocycles. The van der Waals surface area contributed by atoms with Crippen LogP contribution < -0.4 is 5.73 Å². The van der Waals surface area contributed by atoms with E-state index >= 15 is 0 Å². The maximum atomic E-state index is 13.2. The molecule has 0 fully saturated rings. The number of aromatic nitrogens is 1. The van der Waals surface area contributed by atoms with Crippen molar-refractivity contribution in [1.29, 1.82) is 0 Å². The average Bonchev–Trinajstić information content (AvgIpc) is 3.23. The lowest BCUT2D eigenvalue weighted by Gasteiger charge is -2.25. The minimum Gasteiger partial charge on any atom is -0.368 e. The normalized spacial score (nSPS) is 15.5. The molecule has 0 unspecified atom stereocenters. The highest BCUT2D eigenvalue weighted by molar-refractivity contribution is 6.36. The van der Waals surface area contributed by atoms with Crippen molar-refractivity contribution in [3.63, 3.8) is 0 Å². The monoisotopic (exact) mass is 449 g/mol. The Bertz CT molecular complexity index is 1360. The largest absolute Gasteiger partial charge is 0.368 e. The first-order valence-corrected chi connectivity index (χ1v) is 10.5. The van der Waals surface area contributed by atoms with Crippen LogP contribution in [0.3, 0.4) is 0 Å². The van der Waals surface area contributed by atoms with E-state index in [2.05, 4.69) is 4.98 Å². The number of amides is 2. The number of H-pyrrole nitrogens is 1. The summed E-state index contributed by atoms with van der Waals surface area (Å²) in [6.45, 7) is -0.189. The smallest absolute Gasteiger partial charge is 0.255 e. The van der Waals surface area contributed by atoms with Gasteiger partial charge in [-0.15, -0.1) is 0 Å². The van der Waals surface area contributed by atoms with E-state index in [0.29, 0.717) is 15.6 Å². The Kier molecular flexibility index (Phi) is 4.73. The highest BCUT2D eigenvalue weighted by atomic mass is 35.5. The van der Waals surface area contributed by atoms with Gasteiger partial charge in [-0.2, -0.15) is 0 Å². The number of hydrogen-bond acceptors (Lipinski definition) is 2. The molecular weight excluding hydrogens is 433 g/mol. The summed E-state index contributed by atoms with van der Waals surface area (Å²) >= 11 is 12.7. The molecule has 0 spiro atoms. The van der Waals surface area contributed by atoms with Gasteiger partial charge >= 0.3 is 0 Å². The van der Waals surface area contributed by atoms with Crippen LogP contribution in [0, 0.1) is 0 Å². The Labute approximate surface area is 188 Å². The number of para-hydroxylation sites is 1. The lowest BCUT2D eigenvalue weighted by molar-refractivity contribution is -0.118. The molecule has 1 aliphatic rings. The van der Waals surface area contributed by atoms with E-state index in [9.17, 15) is 9.59 Å². The van der Waals surface area contributed by atoms with Gasteiger partial charge in [-0.25, -0.2) is 0 Å². The fraction of sp³-hybridized carbons (Fsp3) is 0.0833. The maximum absolute atomic E-state index is 13.2. The highest BCUT2D eigenvalue weighted by Gasteiger charge is 2.40. The van der Waals surface area contributed by atoms with E-state index in [1.54, 1.807) is 18.2 Å². The quantitative estimate of drug-likeness (QED) is 0.450. The SMILES string of the molecule is NC(=O)CN1C(=O)c2ccccc2[C@@H]1c1c(-c2ccc(Cl)cc2Cl)[nH]c2ccccc12. The number of halogens is 2. The van der Waals surface area contributed by atoms with Gasteiger partial charge in [-0.1, -0.05) is 59.6 Å². The molecule has 5 nitrogen and oxygen atoms in total. The molecule has 154 valence electrons. The van der Waals surface area contributed by atoms with E-state index in [0.717, 1.165) is 33.3 Å². The number of benzene rings is 3. The van der Waals surface area contributed by atoms with Gasteiger partial charge in [-0.05, 0) is 35.9 Å². The lowest BCUT2D eigenvalue weighted by atomic mass is 9.93. The first-order valence-electron chi connectivity index (χ1n) is 9.70. The van der Waals surface area contributed by atoms with Gasteiger partial charge in [-0.3, -0.25) is 9.59 Å². The van der Waals surface area contributed by atoms with Gasteiger partial charge in [0.1, 0.15) is 6.54 Å². The van der Waals surface area contributed by atoms with Crippen LogP contribution in [0.2, 0.25) is 10.0 Å². The fourth-order valence-corrected chi connectivity index (χ4v) is 4.87. The Morgan fingerprint density at radius 3 is 2.52 bits per heavy atom. The standard InChI is InChI=1S/C24H17Cl2N3O2/c25-13-9-10-16(18(26)11-13)22-21(17-7-3-4-8-19(17)28-22)23-14-5-1-2-6-15(14)24(31)29(23)12-20(27)30/h1-11,23,28H,12H2,(H2,27,30)/t23-/m1/s1. The summed E-state index contributed by atoms with van der Waals surface area (Å²) in [6.07, 6.45) is 0. The molecule has 1 aliphatic heterocycles. The Balaban J connectivity index is 1.83. The van der Waals surface area contributed by atoms with Crippen LogP contribution in [0.4, 0.5) is 0 Å². The summed E-state index contributed by atoms with van der Waals surface area (Å²) in [4.78, 5) is 30.0. The molecule has 4 aromatic rings. The van der Waals surface area contributed by atoms with E-state index in [1.165, 1.54) is 4.90 Å². The summed E-state index contributed by atoms with van der Waals surface area (Å²) in [5.74, 6) is -0.796.